The van der Waals surface area contributed by atoms with Crippen molar-refractivity contribution < 1.29 is 24.1 Å². The van der Waals surface area contributed by atoms with E-state index in [-0.39, 0.29) is 35.4 Å². The number of rotatable bonds is 6. The number of ether oxygens (including phenoxy) is 1. The molecule has 0 amide bonds. The number of benzene rings is 1. The van der Waals surface area contributed by atoms with E-state index < -0.39 is 17.2 Å². The summed E-state index contributed by atoms with van der Waals surface area (Å²) in [4.78, 5) is 26.1. The van der Waals surface area contributed by atoms with Crippen LogP contribution < -0.4 is 10.3 Å². The van der Waals surface area contributed by atoms with Gasteiger partial charge in [-0.3, -0.25) is 4.79 Å². The van der Waals surface area contributed by atoms with Crippen LogP contribution in [0.25, 0.3) is 10.9 Å². The van der Waals surface area contributed by atoms with Gasteiger partial charge in [-0.05, 0) is 31.4 Å². The van der Waals surface area contributed by atoms with Gasteiger partial charge in [0, 0.05) is 56.3 Å². The van der Waals surface area contributed by atoms with Crippen LogP contribution in [0.15, 0.2) is 17.1 Å². The Morgan fingerprint density at radius 3 is 2.59 bits per heavy atom. The number of aliphatic hydroxyl groups is 1. The lowest BCUT2D eigenvalue weighted by molar-refractivity contribution is 0.0695. The largest absolute Gasteiger partial charge is 0.477 e. The third-order valence-corrected chi connectivity index (χ3v) is 6.16. The predicted molar refractivity (Wildman–Crippen MR) is 106 cm³/mol. The number of aryl methyl sites for hydroxylation is 1. The number of fused-ring (bicyclic) bond motifs is 1. The molecule has 2 unspecified atom stereocenters. The van der Waals surface area contributed by atoms with Crippen LogP contribution in [0, 0.1) is 24.6 Å². The van der Waals surface area contributed by atoms with Crippen molar-refractivity contribution in [2.75, 3.05) is 38.3 Å². The summed E-state index contributed by atoms with van der Waals surface area (Å²) in [6.07, 6.45) is 3.19. The minimum absolute atomic E-state index is 0.00642. The fourth-order valence-electron chi connectivity index (χ4n) is 4.58. The number of aliphatic hydroxyl groups excluding tert-OH is 1. The summed E-state index contributed by atoms with van der Waals surface area (Å²) in [5, 5.41) is 19.2. The molecule has 1 aromatic carbocycles. The quantitative estimate of drug-likeness (QED) is 0.767. The summed E-state index contributed by atoms with van der Waals surface area (Å²) >= 11 is 0. The molecule has 1 saturated heterocycles. The average molecular weight is 404 g/mol. The first kappa shape index (κ1) is 19.8. The number of carboxylic acid groups (broad SMARTS) is 1. The van der Waals surface area contributed by atoms with E-state index in [2.05, 4.69) is 0 Å². The minimum Gasteiger partial charge on any atom is -0.477 e. The van der Waals surface area contributed by atoms with Gasteiger partial charge in [0.15, 0.2) is 0 Å². The highest BCUT2D eigenvalue weighted by Gasteiger charge is 2.35. The summed E-state index contributed by atoms with van der Waals surface area (Å²) < 4.78 is 22.3. The zero-order valence-electron chi connectivity index (χ0n) is 16.5. The molecule has 2 N–H and O–H groups in total. The molecule has 1 aliphatic carbocycles. The Morgan fingerprint density at radius 1 is 1.31 bits per heavy atom. The lowest BCUT2D eigenvalue weighted by atomic mass is 9.98. The van der Waals surface area contributed by atoms with Crippen LogP contribution in [0.5, 0.6) is 0 Å². The molecule has 1 aliphatic heterocycles. The van der Waals surface area contributed by atoms with E-state index in [1.807, 2.05) is 9.47 Å². The topological polar surface area (TPSA) is 92.0 Å². The predicted octanol–water partition coefficient (Wildman–Crippen LogP) is 2.17. The molecule has 2 atom stereocenters. The van der Waals surface area contributed by atoms with Gasteiger partial charge in [-0.2, -0.15) is 0 Å². The smallest absolute Gasteiger partial charge is 0.341 e. The molecule has 1 aromatic heterocycles. The Balaban J connectivity index is 1.89. The molecule has 0 spiro atoms. The van der Waals surface area contributed by atoms with E-state index in [0.29, 0.717) is 36.5 Å². The van der Waals surface area contributed by atoms with Crippen molar-refractivity contribution in [3.8, 4) is 0 Å². The molecule has 0 bridgehead atoms. The second-order valence-corrected chi connectivity index (χ2v) is 8.11. The molecule has 2 aliphatic rings. The first-order chi connectivity index (χ1) is 13.9. The van der Waals surface area contributed by atoms with Crippen LogP contribution in [0.2, 0.25) is 0 Å². The Kier molecular flexibility index (Phi) is 5.08. The average Bonchev–Trinajstić information content (AvgIpc) is 3.44. The van der Waals surface area contributed by atoms with Gasteiger partial charge in [0.25, 0.3) is 0 Å². The number of pyridine rings is 1. The molecule has 156 valence electrons. The molecule has 2 aromatic rings. The van der Waals surface area contributed by atoms with Crippen molar-refractivity contribution in [1.82, 2.24) is 4.57 Å². The summed E-state index contributed by atoms with van der Waals surface area (Å²) in [5.74, 6) is -1.79. The van der Waals surface area contributed by atoms with E-state index in [4.69, 9.17) is 4.74 Å². The normalized spacial score (nSPS) is 21.9. The molecule has 0 radical (unpaired) electrons. The van der Waals surface area contributed by atoms with E-state index in [0.717, 1.165) is 12.8 Å². The number of methoxy groups -OCH3 is 1. The van der Waals surface area contributed by atoms with E-state index in [1.165, 1.54) is 12.3 Å². The van der Waals surface area contributed by atoms with Crippen LogP contribution in [0.4, 0.5) is 10.1 Å². The number of carbonyl (C=O) groups is 1. The number of carboxylic acids is 1. The van der Waals surface area contributed by atoms with Crippen LogP contribution >= 0.6 is 0 Å². The van der Waals surface area contributed by atoms with E-state index in [1.54, 1.807) is 14.0 Å². The number of anilines is 1. The molecule has 8 heteroatoms. The van der Waals surface area contributed by atoms with Crippen LogP contribution in [0.3, 0.4) is 0 Å². The second-order valence-electron chi connectivity index (χ2n) is 8.11. The first-order valence-electron chi connectivity index (χ1n) is 9.83. The molecule has 1 saturated carbocycles. The van der Waals surface area contributed by atoms with Crippen molar-refractivity contribution in [2.24, 2.45) is 11.8 Å². The Bertz CT molecular complexity index is 1030. The van der Waals surface area contributed by atoms with Gasteiger partial charge in [-0.1, -0.05) is 0 Å². The number of aromatic nitrogens is 1. The minimum atomic E-state index is -1.30. The van der Waals surface area contributed by atoms with E-state index >= 15 is 4.39 Å². The molecule has 2 fully saturated rings. The molecule has 7 nitrogen and oxygen atoms in total. The van der Waals surface area contributed by atoms with Gasteiger partial charge in [0.1, 0.15) is 11.4 Å². The zero-order valence-corrected chi connectivity index (χ0v) is 16.5. The van der Waals surface area contributed by atoms with E-state index in [9.17, 15) is 19.8 Å². The number of aromatic carboxylic acids is 1. The van der Waals surface area contributed by atoms with Crippen LogP contribution in [-0.2, 0) is 4.74 Å². The Hall–Kier alpha value is -2.45. The second kappa shape index (κ2) is 7.42. The third-order valence-electron chi connectivity index (χ3n) is 6.16. The maximum Gasteiger partial charge on any atom is 0.341 e. The standard InChI is InChI=1S/C21H25FN2O5/c1-11-18-15(20(26)16(21(27)28)8-24(18)14-3-4-14)5-17(22)19(11)23-6-12(9-25)13(7-23)10-29-2/h5,8,12-14,25H,3-4,6-7,9-10H2,1-2H3,(H,27,28). The molecular formula is C21H25FN2O5. The third kappa shape index (κ3) is 3.30. The maximum absolute atomic E-state index is 15.2. The first-order valence-corrected chi connectivity index (χ1v) is 9.83. The van der Waals surface area contributed by atoms with Crippen molar-refractivity contribution in [1.29, 1.82) is 0 Å². The fourth-order valence-corrected chi connectivity index (χ4v) is 4.58. The SMILES string of the molecule is COCC1CN(c2c(F)cc3c(=O)c(C(=O)O)cn(C4CC4)c3c2C)CC1CO. The summed E-state index contributed by atoms with van der Waals surface area (Å²) in [6.45, 7) is 3.28. The summed E-state index contributed by atoms with van der Waals surface area (Å²) in [5.41, 5.74) is 0.624. The fraction of sp³-hybridized carbons (Fsp3) is 0.524. The molecule has 4 rings (SSSR count). The van der Waals surface area contributed by atoms with Gasteiger partial charge >= 0.3 is 5.97 Å². The molecule has 2 heterocycles. The highest BCUT2D eigenvalue weighted by Crippen LogP contribution is 2.41. The highest BCUT2D eigenvalue weighted by atomic mass is 19.1. The van der Waals surface area contributed by atoms with Gasteiger partial charge in [-0.15, -0.1) is 0 Å². The molecular weight excluding hydrogens is 379 g/mol. The Morgan fingerprint density at radius 2 is 2.00 bits per heavy atom. The summed E-state index contributed by atoms with van der Waals surface area (Å²) in [7, 11) is 1.60. The lowest BCUT2D eigenvalue weighted by Gasteiger charge is -2.24. The number of hydrogen-bond acceptors (Lipinski definition) is 5. The number of nitrogens with zero attached hydrogens (tertiary/aromatic N) is 2. The van der Waals surface area contributed by atoms with Gasteiger partial charge in [-0.25, -0.2) is 9.18 Å². The zero-order chi connectivity index (χ0) is 20.9. The van der Waals surface area contributed by atoms with Gasteiger partial charge < -0.3 is 24.4 Å². The lowest BCUT2D eigenvalue weighted by Crippen LogP contribution is -2.25. The van der Waals surface area contributed by atoms with Crippen LogP contribution in [0.1, 0.15) is 34.8 Å². The maximum atomic E-state index is 15.2. The van der Waals surface area contributed by atoms with Gasteiger partial charge in [0.2, 0.25) is 5.43 Å². The number of hydrogen-bond donors (Lipinski definition) is 2. The van der Waals surface area contributed by atoms with Crippen molar-refractivity contribution in [3.63, 3.8) is 0 Å². The number of halogens is 1. The highest BCUT2D eigenvalue weighted by molar-refractivity contribution is 5.95. The molecule has 29 heavy (non-hydrogen) atoms. The van der Waals surface area contributed by atoms with Gasteiger partial charge in [0.05, 0.1) is 17.8 Å². The Labute approximate surface area is 167 Å². The van der Waals surface area contributed by atoms with Crippen molar-refractivity contribution >= 4 is 22.6 Å². The van der Waals surface area contributed by atoms with Crippen molar-refractivity contribution in [2.45, 2.75) is 25.8 Å². The van der Waals surface area contributed by atoms with Crippen molar-refractivity contribution in [3.05, 3.63) is 39.4 Å². The van der Waals surface area contributed by atoms with Crippen LogP contribution in [-0.4, -0.2) is 54.2 Å². The summed E-state index contributed by atoms with van der Waals surface area (Å²) in [6, 6.07) is 1.29. The monoisotopic (exact) mass is 404 g/mol.